The maximum atomic E-state index is 12.6. The molecule has 9 nitrogen and oxygen atoms in total. The lowest BCUT2D eigenvalue weighted by atomic mass is 10.1. The molecule has 3 amide bonds. The molecule has 3 rings (SSSR count). The standard InChI is InChI=1S/C25H22N6O3/c1-2-23(32)28-19-6-3-5-16(15-19)24(33)29-17-9-11-18(12-10-17)30-25(34)22-8-4-7-21(31-22)20(27)13-14-26/h2-15,26H,1,27H2,(H,28,32)(H,29,33)(H,30,34)/b20-13-,26-14?. The van der Waals surface area contributed by atoms with Gasteiger partial charge in [-0.05, 0) is 66.7 Å². The van der Waals surface area contributed by atoms with Crippen molar-refractivity contribution >= 4 is 46.7 Å². The molecule has 0 aliphatic carbocycles. The molecule has 2 aromatic carbocycles. The summed E-state index contributed by atoms with van der Waals surface area (Å²) in [5.74, 6) is -1.16. The third-order valence-electron chi connectivity index (χ3n) is 4.52. The Morgan fingerprint density at radius 3 is 2.09 bits per heavy atom. The van der Waals surface area contributed by atoms with E-state index in [0.717, 1.165) is 12.3 Å². The summed E-state index contributed by atoms with van der Waals surface area (Å²) in [4.78, 5) is 40.7. The van der Waals surface area contributed by atoms with Crippen molar-refractivity contribution in [3.63, 3.8) is 0 Å². The Kier molecular flexibility index (Phi) is 7.64. The van der Waals surface area contributed by atoms with Crippen LogP contribution in [0.2, 0.25) is 0 Å². The number of nitrogens with zero attached hydrogens (tertiary/aromatic N) is 1. The number of nitrogens with one attached hydrogen (secondary N) is 4. The van der Waals surface area contributed by atoms with E-state index in [-0.39, 0.29) is 23.2 Å². The lowest BCUT2D eigenvalue weighted by Crippen LogP contribution is -2.15. The summed E-state index contributed by atoms with van der Waals surface area (Å²) >= 11 is 0. The largest absolute Gasteiger partial charge is 0.397 e. The molecule has 1 aromatic heterocycles. The van der Waals surface area contributed by atoms with Crippen LogP contribution in [0, 0.1) is 5.41 Å². The van der Waals surface area contributed by atoms with Gasteiger partial charge in [0.05, 0.1) is 11.4 Å². The van der Waals surface area contributed by atoms with E-state index >= 15 is 0 Å². The second-order valence-electron chi connectivity index (χ2n) is 6.96. The number of amides is 3. The van der Waals surface area contributed by atoms with E-state index in [2.05, 4.69) is 27.5 Å². The van der Waals surface area contributed by atoms with Crippen LogP contribution in [0.1, 0.15) is 26.5 Å². The van der Waals surface area contributed by atoms with Crippen molar-refractivity contribution < 1.29 is 14.4 Å². The first-order valence-corrected chi connectivity index (χ1v) is 10.1. The van der Waals surface area contributed by atoms with Crippen molar-refractivity contribution in [2.75, 3.05) is 16.0 Å². The van der Waals surface area contributed by atoms with Crippen LogP contribution in [0.4, 0.5) is 17.1 Å². The lowest BCUT2D eigenvalue weighted by molar-refractivity contribution is -0.111. The topological polar surface area (TPSA) is 150 Å². The number of carbonyl (C=O) groups excluding carboxylic acids is 3. The molecule has 34 heavy (non-hydrogen) atoms. The highest BCUT2D eigenvalue weighted by Crippen LogP contribution is 2.17. The van der Waals surface area contributed by atoms with Gasteiger partial charge in [0.1, 0.15) is 5.69 Å². The van der Waals surface area contributed by atoms with Crippen molar-refractivity contribution in [3.8, 4) is 0 Å². The van der Waals surface area contributed by atoms with Gasteiger partial charge >= 0.3 is 0 Å². The van der Waals surface area contributed by atoms with Crippen LogP contribution in [0.5, 0.6) is 0 Å². The van der Waals surface area contributed by atoms with E-state index in [0.29, 0.717) is 28.3 Å². The number of nitrogens with two attached hydrogens (primary N) is 1. The molecule has 3 aromatic rings. The SMILES string of the molecule is C=CC(=O)Nc1cccc(C(=O)Nc2ccc(NC(=O)c3cccc(/C(N)=C/C=N)n3)cc2)c1. The van der Waals surface area contributed by atoms with Crippen LogP contribution in [0.25, 0.3) is 5.70 Å². The molecule has 1 heterocycles. The van der Waals surface area contributed by atoms with E-state index in [4.69, 9.17) is 11.1 Å². The van der Waals surface area contributed by atoms with Crippen LogP contribution in [0.15, 0.2) is 85.5 Å². The molecule has 0 aliphatic rings. The number of rotatable bonds is 8. The van der Waals surface area contributed by atoms with Gasteiger partial charge in [0.25, 0.3) is 11.8 Å². The lowest BCUT2D eigenvalue weighted by Gasteiger charge is -2.09. The number of pyridine rings is 1. The molecule has 0 spiro atoms. The van der Waals surface area contributed by atoms with Crippen LogP contribution >= 0.6 is 0 Å². The fraction of sp³-hybridized carbons (Fsp3) is 0. The highest BCUT2D eigenvalue weighted by Gasteiger charge is 2.11. The zero-order valence-corrected chi connectivity index (χ0v) is 18.0. The van der Waals surface area contributed by atoms with Crippen LogP contribution in [-0.2, 0) is 4.79 Å². The van der Waals surface area contributed by atoms with Crippen molar-refractivity contribution in [1.82, 2.24) is 4.98 Å². The van der Waals surface area contributed by atoms with Crippen LogP contribution in [-0.4, -0.2) is 28.9 Å². The Morgan fingerprint density at radius 1 is 0.824 bits per heavy atom. The van der Waals surface area contributed by atoms with Gasteiger partial charge in [0, 0.05) is 28.8 Å². The molecule has 0 fully saturated rings. The molecule has 0 saturated carbocycles. The number of aromatic nitrogens is 1. The van der Waals surface area contributed by atoms with Gasteiger partial charge in [-0.25, -0.2) is 4.98 Å². The Bertz CT molecular complexity index is 1280. The average Bonchev–Trinajstić information content (AvgIpc) is 2.85. The predicted octanol–water partition coefficient (Wildman–Crippen LogP) is 3.66. The number of anilines is 3. The molecule has 0 saturated heterocycles. The van der Waals surface area contributed by atoms with E-state index in [1.807, 2.05) is 0 Å². The first-order chi connectivity index (χ1) is 16.4. The van der Waals surface area contributed by atoms with Gasteiger partial charge in [-0.3, -0.25) is 14.4 Å². The maximum absolute atomic E-state index is 12.6. The Balaban J connectivity index is 1.64. The minimum atomic E-state index is -0.431. The van der Waals surface area contributed by atoms with E-state index in [9.17, 15) is 14.4 Å². The summed E-state index contributed by atoms with van der Waals surface area (Å²) in [6.07, 6.45) is 3.57. The summed E-state index contributed by atoms with van der Waals surface area (Å²) in [7, 11) is 0. The molecule has 170 valence electrons. The monoisotopic (exact) mass is 454 g/mol. The quantitative estimate of drug-likeness (QED) is 0.260. The molecule has 6 N–H and O–H groups in total. The number of allylic oxidation sites excluding steroid dienone is 1. The average molecular weight is 454 g/mol. The number of benzene rings is 2. The summed E-state index contributed by atoms with van der Waals surface area (Å²) in [6, 6.07) is 17.9. The number of hydrogen-bond donors (Lipinski definition) is 5. The fourth-order valence-electron chi connectivity index (χ4n) is 2.86. The van der Waals surface area contributed by atoms with E-state index in [1.54, 1.807) is 66.7 Å². The van der Waals surface area contributed by atoms with E-state index < -0.39 is 5.91 Å². The molecular weight excluding hydrogens is 432 g/mol. The Labute approximate surface area is 195 Å². The van der Waals surface area contributed by atoms with Crippen molar-refractivity contribution in [3.05, 3.63) is 102 Å². The number of carbonyl (C=O) groups is 3. The number of hydrogen-bond acceptors (Lipinski definition) is 6. The van der Waals surface area contributed by atoms with E-state index in [1.165, 1.54) is 6.08 Å². The minimum Gasteiger partial charge on any atom is -0.397 e. The second kappa shape index (κ2) is 11.0. The smallest absolute Gasteiger partial charge is 0.274 e. The summed E-state index contributed by atoms with van der Waals surface area (Å²) in [5.41, 5.74) is 8.52. The van der Waals surface area contributed by atoms with Gasteiger partial charge in [0.15, 0.2) is 0 Å². The highest BCUT2D eigenvalue weighted by molar-refractivity contribution is 6.06. The second-order valence-corrected chi connectivity index (χ2v) is 6.96. The third kappa shape index (κ3) is 6.24. The normalized spacial score (nSPS) is 10.6. The Hall–Kier alpha value is -5.05. The minimum absolute atomic E-state index is 0.166. The van der Waals surface area contributed by atoms with Gasteiger partial charge in [-0.1, -0.05) is 18.7 Å². The van der Waals surface area contributed by atoms with Gasteiger partial charge in [-0.15, -0.1) is 0 Å². The van der Waals surface area contributed by atoms with Crippen LogP contribution < -0.4 is 21.7 Å². The third-order valence-corrected chi connectivity index (χ3v) is 4.52. The molecule has 9 heteroatoms. The molecule has 0 radical (unpaired) electrons. The summed E-state index contributed by atoms with van der Waals surface area (Å²) in [6.45, 7) is 3.39. The molecular formula is C25H22N6O3. The van der Waals surface area contributed by atoms with Gasteiger partial charge in [-0.2, -0.15) is 0 Å². The van der Waals surface area contributed by atoms with Crippen molar-refractivity contribution in [2.45, 2.75) is 0 Å². The zero-order chi connectivity index (χ0) is 24.5. The van der Waals surface area contributed by atoms with Crippen molar-refractivity contribution in [2.24, 2.45) is 5.73 Å². The summed E-state index contributed by atoms with van der Waals surface area (Å²) < 4.78 is 0. The first kappa shape index (κ1) is 23.6. The molecule has 0 bridgehead atoms. The zero-order valence-electron chi connectivity index (χ0n) is 18.0. The Morgan fingerprint density at radius 2 is 1.44 bits per heavy atom. The first-order valence-electron chi connectivity index (χ1n) is 10.1. The summed E-state index contributed by atoms with van der Waals surface area (Å²) in [5, 5.41) is 15.2. The maximum Gasteiger partial charge on any atom is 0.274 e. The van der Waals surface area contributed by atoms with Crippen LogP contribution in [0.3, 0.4) is 0 Å². The molecule has 0 aliphatic heterocycles. The molecule has 0 unspecified atom stereocenters. The molecule has 0 atom stereocenters. The fourth-order valence-corrected chi connectivity index (χ4v) is 2.86. The highest BCUT2D eigenvalue weighted by atomic mass is 16.2. The van der Waals surface area contributed by atoms with Gasteiger partial charge < -0.3 is 27.1 Å². The van der Waals surface area contributed by atoms with Crippen molar-refractivity contribution in [1.29, 1.82) is 5.41 Å². The predicted molar refractivity (Wildman–Crippen MR) is 133 cm³/mol. The van der Waals surface area contributed by atoms with Gasteiger partial charge in [0.2, 0.25) is 5.91 Å².